The fourth-order valence-corrected chi connectivity index (χ4v) is 3.73. The minimum atomic E-state index is 0.420. The van der Waals surface area contributed by atoms with E-state index in [1.807, 2.05) is 36.4 Å². The first kappa shape index (κ1) is 21.0. The predicted molar refractivity (Wildman–Crippen MR) is 126 cm³/mol. The lowest BCUT2D eigenvalue weighted by Gasteiger charge is -2.13. The van der Waals surface area contributed by atoms with Crippen LogP contribution in [0.2, 0.25) is 0 Å². The summed E-state index contributed by atoms with van der Waals surface area (Å²) >= 11 is 0. The van der Waals surface area contributed by atoms with Crippen LogP contribution in [0.4, 0.5) is 0 Å². The second kappa shape index (κ2) is 9.69. The summed E-state index contributed by atoms with van der Waals surface area (Å²) in [5.74, 6) is 3.26. The molecule has 4 aromatic rings. The number of hydrogen-bond donors (Lipinski definition) is 0. The van der Waals surface area contributed by atoms with Crippen LogP contribution in [-0.4, -0.2) is 16.2 Å². The normalized spacial score (nSPS) is 12.1. The molecule has 4 rings (SSSR count). The molecule has 0 saturated carbocycles. The van der Waals surface area contributed by atoms with Gasteiger partial charge in [-0.1, -0.05) is 56.3 Å². The average Bonchev–Trinajstić information content (AvgIpc) is 3.16. The van der Waals surface area contributed by atoms with Gasteiger partial charge in [-0.15, -0.1) is 0 Å². The molecular formula is C27H30N2O2. The lowest BCUT2D eigenvalue weighted by Crippen LogP contribution is -2.13. The summed E-state index contributed by atoms with van der Waals surface area (Å²) in [4.78, 5) is 4.81. The molecule has 0 bridgehead atoms. The first-order valence-electron chi connectivity index (χ1n) is 11.0. The quantitative estimate of drug-likeness (QED) is 0.313. The van der Waals surface area contributed by atoms with Gasteiger partial charge >= 0.3 is 0 Å². The zero-order valence-electron chi connectivity index (χ0n) is 18.5. The van der Waals surface area contributed by atoms with E-state index in [4.69, 9.17) is 14.5 Å². The Morgan fingerprint density at radius 3 is 2.42 bits per heavy atom. The molecule has 4 heteroatoms. The van der Waals surface area contributed by atoms with Crippen LogP contribution in [0.5, 0.6) is 11.5 Å². The van der Waals surface area contributed by atoms with Crippen molar-refractivity contribution in [3.8, 4) is 11.5 Å². The largest absolute Gasteiger partial charge is 0.492 e. The highest BCUT2D eigenvalue weighted by Gasteiger charge is 2.12. The minimum Gasteiger partial charge on any atom is -0.492 e. The lowest BCUT2D eigenvalue weighted by atomic mass is 9.99. The molecule has 0 amide bonds. The first-order valence-corrected chi connectivity index (χ1v) is 11.0. The number of fused-ring (bicyclic) bond motifs is 1. The number of para-hydroxylation sites is 3. The molecule has 0 spiro atoms. The van der Waals surface area contributed by atoms with Crippen LogP contribution in [-0.2, 0) is 13.2 Å². The number of aromatic nitrogens is 2. The predicted octanol–water partition coefficient (Wildman–Crippen LogP) is 6.52. The van der Waals surface area contributed by atoms with Gasteiger partial charge in [-0.3, -0.25) is 0 Å². The van der Waals surface area contributed by atoms with Gasteiger partial charge in [-0.2, -0.15) is 0 Å². The van der Waals surface area contributed by atoms with E-state index in [1.54, 1.807) is 0 Å². The summed E-state index contributed by atoms with van der Waals surface area (Å²) in [6.07, 6.45) is 1.14. The van der Waals surface area contributed by atoms with Gasteiger partial charge in [0.2, 0.25) is 0 Å². The van der Waals surface area contributed by atoms with E-state index in [-0.39, 0.29) is 0 Å². The molecule has 1 unspecified atom stereocenters. The van der Waals surface area contributed by atoms with Crippen molar-refractivity contribution in [1.82, 2.24) is 9.55 Å². The van der Waals surface area contributed by atoms with Crippen molar-refractivity contribution in [2.75, 3.05) is 6.61 Å². The number of nitrogens with zero attached hydrogens (tertiary/aromatic N) is 2. The van der Waals surface area contributed by atoms with Crippen LogP contribution >= 0.6 is 0 Å². The monoisotopic (exact) mass is 414 g/mol. The van der Waals surface area contributed by atoms with Gasteiger partial charge in [-0.05, 0) is 60.7 Å². The van der Waals surface area contributed by atoms with Crippen molar-refractivity contribution in [3.63, 3.8) is 0 Å². The average molecular weight is 415 g/mol. The fraction of sp³-hybridized carbons (Fsp3) is 0.296. The van der Waals surface area contributed by atoms with E-state index in [0.717, 1.165) is 40.3 Å². The van der Waals surface area contributed by atoms with E-state index in [9.17, 15) is 0 Å². The summed E-state index contributed by atoms with van der Waals surface area (Å²) in [5, 5.41) is 0. The van der Waals surface area contributed by atoms with Gasteiger partial charge in [0.05, 0.1) is 17.6 Å². The van der Waals surface area contributed by atoms with Gasteiger partial charge < -0.3 is 14.0 Å². The zero-order valence-corrected chi connectivity index (χ0v) is 18.5. The van der Waals surface area contributed by atoms with Gasteiger partial charge in [0, 0.05) is 0 Å². The number of benzene rings is 3. The molecule has 3 aromatic carbocycles. The molecule has 0 fully saturated rings. The Hall–Kier alpha value is -3.27. The summed E-state index contributed by atoms with van der Waals surface area (Å²) in [5.41, 5.74) is 4.55. The Kier molecular flexibility index (Phi) is 6.56. The Morgan fingerprint density at radius 1 is 0.903 bits per heavy atom. The van der Waals surface area contributed by atoms with E-state index >= 15 is 0 Å². The van der Waals surface area contributed by atoms with Crippen LogP contribution in [0.25, 0.3) is 11.0 Å². The molecule has 4 nitrogen and oxygen atoms in total. The molecule has 1 atom stereocenters. The van der Waals surface area contributed by atoms with E-state index in [1.165, 1.54) is 5.56 Å². The first-order chi connectivity index (χ1) is 15.2. The van der Waals surface area contributed by atoms with Gasteiger partial charge in [0.15, 0.2) is 0 Å². The zero-order chi connectivity index (χ0) is 21.6. The molecule has 0 aliphatic heterocycles. The second-order valence-corrected chi connectivity index (χ2v) is 7.95. The van der Waals surface area contributed by atoms with Crippen molar-refractivity contribution in [3.05, 3.63) is 89.7 Å². The maximum atomic E-state index is 6.08. The third kappa shape index (κ3) is 4.91. The van der Waals surface area contributed by atoms with Crippen LogP contribution in [0.3, 0.4) is 0 Å². The highest BCUT2D eigenvalue weighted by atomic mass is 16.5. The molecule has 31 heavy (non-hydrogen) atoms. The van der Waals surface area contributed by atoms with Crippen LogP contribution in [0.1, 0.15) is 43.1 Å². The summed E-state index contributed by atoms with van der Waals surface area (Å²) in [6.45, 7) is 8.22. The van der Waals surface area contributed by atoms with Crippen molar-refractivity contribution in [2.24, 2.45) is 0 Å². The van der Waals surface area contributed by atoms with Crippen molar-refractivity contribution < 1.29 is 9.47 Å². The summed E-state index contributed by atoms with van der Waals surface area (Å²) in [7, 11) is 0. The minimum absolute atomic E-state index is 0.420. The molecule has 1 aromatic heterocycles. The van der Waals surface area contributed by atoms with E-state index < -0.39 is 0 Å². The van der Waals surface area contributed by atoms with Gasteiger partial charge in [0.1, 0.15) is 30.5 Å². The van der Waals surface area contributed by atoms with Gasteiger partial charge in [0.25, 0.3) is 0 Å². The van der Waals surface area contributed by atoms with E-state index in [0.29, 0.717) is 25.7 Å². The highest BCUT2D eigenvalue weighted by Crippen LogP contribution is 2.23. The highest BCUT2D eigenvalue weighted by molar-refractivity contribution is 5.75. The summed E-state index contributed by atoms with van der Waals surface area (Å²) < 4.78 is 14.3. The maximum Gasteiger partial charge on any atom is 0.148 e. The number of aryl methyl sites for hydroxylation is 1. The van der Waals surface area contributed by atoms with Crippen LogP contribution < -0.4 is 9.47 Å². The lowest BCUT2D eigenvalue weighted by molar-refractivity contribution is 0.271. The molecule has 160 valence electrons. The topological polar surface area (TPSA) is 36.3 Å². The van der Waals surface area contributed by atoms with Crippen molar-refractivity contribution in [2.45, 2.75) is 46.3 Å². The van der Waals surface area contributed by atoms with Crippen molar-refractivity contribution in [1.29, 1.82) is 0 Å². The Morgan fingerprint density at radius 2 is 1.65 bits per heavy atom. The number of imidazole rings is 1. The molecular weight excluding hydrogens is 384 g/mol. The Labute approximate surface area is 184 Å². The van der Waals surface area contributed by atoms with Crippen LogP contribution in [0.15, 0.2) is 72.8 Å². The van der Waals surface area contributed by atoms with Gasteiger partial charge in [-0.25, -0.2) is 4.98 Å². The molecule has 0 aliphatic carbocycles. The molecule has 0 N–H and O–H groups in total. The standard InChI is InChI=1S/C27H30N2O2/c1-4-20(2)22-13-15-23(16-14-22)30-18-17-29-25-11-7-6-10-24(25)28-27(29)19-31-26-12-8-5-9-21(26)3/h5-16,20H,4,17-19H2,1-3H3. The summed E-state index contributed by atoms with van der Waals surface area (Å²) in [6, 6.07) is 24.7. The molecule has 1 heterocycles. The third-order valence-electron chi connectivity index (χ3n) is 5.83. The number of rotatable bonds is 9. The number of hydrogen-bond acceptors (Lipinski definition) is 3. The molecule has 0 aliphatic rings. The fourth-order valence-electron chi connectivity index (χ4n) is 3.73. The van der Waals surface area contributed by atoms with Crippen molar-refractivity contribution >= 4 is 11.0 Å². The van der Waals surface area contributed by atoms with Crippen LogP contribution in [0, 0.1) is 6.92 Å². The molecule has 0 radical (unpaired) electrons. The SMILES string of the molecule is CCC(C)c1ccc(OCCn2c(COc3ccccc3C)nc3ccccc32)cc1. The molecule has 0 saturated heterocycles. The second-order valence-electron chi connectivity index (χ2n) is 7.95. The number of ether oxygens (including phenoxy) is 2. The maximum absolute atomic E-state index is 6.08. The Balaban J connectivity index is 1.46. The Bertz CT molecular complexity index is 1130. The third-order valence-corrected chi connectivity index (χ3v) is 5.83. The van der Waals surface area contributed by atoms with E-state index in [2.05, 4.69) is 61.7 Å². The smallest absolute Gasteiger partial charge is 0.148 e.